The number of piperidine rings is 1. The smallest absolute Gasteiger partial charge is 0.260 e. The highest BCUT2D eigenvalue weighted by atomic mass is 35.5. The Morgan fingerprint density at radius 1 is 1.04 bits per heavy atom. The van der Waals surface area contributed by atoms with Gasteiger partial charge in [-0.25, -0.2) is 0 Å². The molecule has 26 heavy (non-hydrogen) atoms. The predicted molar refractivity (Wildman–Crippen MR) is 102 cm³/mol. The average Bonchev–Trinajstić information content (AvgIpc) is 2.69. The van der Waals surface area contributed by atoms with Crippen LogP contribution in [0.15, 0.2) is 54.6 Å². The first-order valence-corrected chi connectivity index (χ1v) is 9.36. The molecule has 0 saturated carbocycles. The third kappa shape index (κ3) is 5.75. The molecule has 3 rings (SSSR count). The molecule has 0 N–H and O–H groups in total. The Balaban J connectivity index is 1.33. The van der Waals surface area contributed by atoms with Gasteiger partial charge in [-0.1, -0.05) is 41.9 Å². The van der Waals surface area contributed by atoms with Crippen LogP contribution in [0.1, 0.15) is 18.4 Å². The van der Waals surface area contributed by atoms with E-state index in [1.807, 2.05) is 23.1 Å². The van der Waals surface area contributed by atoms with E-state index in [0.717, 1.165) is 32.5 Å². The summed E-state index contributed by atoms with van der Waals surface area (Å²) in [6.45, 7) is 2.99. The lowest BCUT2D eigenvalue weighted by molar-refractivity contribution is -0.135. The first kappa shape index (κ1) is 18.7. The molecule has 1 heterocycles. The van der Waals surface area contributed by atoms with E-state index in [0.29, 0.717) is 23.3 Å². The summed E-state index contributed by atoms with van der Waals surface area (Å²) in [5.74, 6) is 1.20. The quantitative estimate of drug-likeness (QED) is 0.731. The van der Waals surface area contributed by atoms with Gasteiger partial charge in [0.05, 0.1) is 6.61 Å². The molecule has 1 amide bonds. The standard InChI is InChI=1S/C21H24ClNO3/c22-19-6-8-20(9-7-19)26-16-21(24)23-12-10-18(11-13-23)15-25-14-17-4-2-1-3-5-17/h1-9,18H,10-16H2. The van der Waals surface area contributed by atoms with E-state index in [2.05, 4.69) is 12.1 Å². The van der Waals surface area contributed by atoms with Crippen molar-refractivity contribution in [3.8, 4) is 5.75 Å². The van der Waals surface area contributed by atoms with Crippen molar-refractivity contribution in [3.63, 3.8) is 0 Å². The fraction of sp³-hybridized carbons (Fsp3) is 0.381. The summed E-state index contributed by atoms with van der Waals surface area (Å²) in [5.41, 5.74) is 1.19. The predicted octanol–water partition coefficient (Wildman–Crippen LogP) is 4.17. The molecule has 1 aliphatic heterocycles. The summed E-state index contributed by atoms with van der Waals surface area (Å²) in [6.07, 6.45) is 1.95. The van der Waals surface area contributed by atoms with Crippen LogP contribution >= 0.6 is 11.6 Å². The maximum atomic E-state index is 12.3. The fourth-order valence-corrected chi connectivity index (χ4v) is 3.16. The van der Waals surface area contributed by atoms with Crippen molar-refractivity contribution in [3.05, 3.63) is 65.2 Å². The van der Waals surface area contributed by atoms with Crippen molar-refractivity contribution in [1.29, 1.82) is 0 Å². The summed E-state index contributed by atoms with van der Waals surface area (Å²) in [6, 6.07) is 17.2. The molecule has 1 fully saturated rings. The molecule has 0 aromatic heterocycles. The van der Waals surface area contributed by atoms with E-state index in [9.17, 15) is 4.79 Å². The van der Waals surface area contributed by atoms with Crippen LogP contribution in [0.5, 0.6) is 5.75 Å². The highest BCUT2D eigenvalue weighted by Crippen LogP contribution is 2.19. The van der Waals surface area contributed by atoms with Crippen molar-refractivity contribution < 1.29 is 14.3 Å². The minimum atomic E-state index is 0.0311. The molecule has 138 valence electrons. The van der Waals surface area contributed by atoms with Crippen LogP contribution in [0.2, 0.25) is 5.02 Å². The summed E-state index contributed by atoms with van der Waals surface area (Å²) >= 11 is 5.84. The Labute approximate surface area is 159 Å². The van der Waals surface area contributed by atoms with Gasteiger partial charge in [0, 0.05) is 24.7 Å². The van der Waals surface area contributed by atoms with Crippen molar-refractivity contribution >= 4 is 17.5 Å². The summed E-state index contributed by atoms with van der Waals surface area (Å²) in [4.78, 5) is 14.2. The highest BCUT2D eigenvalue weighted by molar-refractivity contribution is 6.30. The van der Waals surface area contributed by atoms with E-state index in [1.165, 1.54) is 5.56 Å². The topological polar surface area (TPSA) is 38.8 Å². The van der Waals surface area contributed by atoms with Gasteiger partial charge in [0.2, 0.25) is 0 Å². The van der Waals surface area contributed by atoms with Crippen LogP contribution in [0.25, 0.3) is 0 Å². The van der Waals surface area contributed by atoms with E-state index < -0.39 is 0 Å². The Morgan fingerprint density at radius 3 is 2.42 bits per heavy atom. The highest BCUT2D eigenvalue weighted by Gasteiger charge is 2.23. The lowest BCUT2D eigenvalue weighted by Gasteiger charge is -2.31. The Kier molecular flexibility index (Phi) is 6.92. The molecule has 1 saturated heterocycles. The first-order valence-electron chi connectivity index (χ1n) is 8.98. The number of carbonyl (C=O) groups is 1. The average molecular weight is 374 g/mol. The fourth-order valence-electron chi connectivity index (χ4n) is 3.03. The van der Waals surface area contributed by atoms with Crippen molar-refractivity contribution in [2.75, 3.05) is 26.3 Å². The third-order valence-corrected chi connectivity index (χ3v) is 4.86. The van der Waals surface area contributed by atoms with E-state index in [4.69, 9.17) is 21.1 Å². The molecule has 5 heteroatoms. The van der Waals surface area contributed by atoms with Gasteiger partial charge in [-0.3, -0.25) is 4.79 Å². The normalized spacial score (nSPS) is 15.0. The van der Waals surface area contributed by atoms with Gasteiger partial charge in [0.15, 0.2) is 6.61 Å². The van der Waals surface area contributed by atoms with Gasteiger partial charge in [-0.05, 0) is 48.6 Å². The molecule has 0 atom stereocenters. The molecular weight excluding hydrogens is 350 g/mol. The molecule has 1 aliphatic rings. The minimum Gasteiger partial charge on any atom is -0.484 e. The van der Waals surface area contributed by atoms with Crippen LogP contribution < -0.4 is 4.74 Å². The van der Waals surface area contributed by atoms with Gasteiger partial charge in [-0.2, -0.15) is 0 Å². The second-order valence-electron chi connectivity index (χ2n) is 6.57. The monoisotopic (exact) mass is 373 g/mol. The number of rotatable bonds is 7. The van der Waals surface area contributed by atoms with Gasteiger partial charge < -0.3 is 14.4 Å². The number of halogens is 1. The Hall–Kier alpha value is -2.04. The molecule has 0 bridgehead atoms. The van der Waals surface area contributed by atoms with Crippen molar-refractivity contribution in [1.82, 2.24) is 4.90 Å². The number of amides is 1. The molecule has 2 aromatic carbocycles. The molecule has 0 unspecified atom stereocenters. The van der Waals surface area contributed by atoms with E-state index in [-0.39, 0.29) is 12.5 Å². The Morgan fingerprint density at radius 2 is 1.73 bits per heavy atom. The third-order valence-electron chi connectivity index (χ3n) is 4.61. The van der Waals surface area contributed by atoms with Gasteiger partial charge in [0.1, 0.15) is 5.75 Å². The zero-order valence-corrected chi connectivity index (χ0v) is 15.5. The van der Waals surface area contributed by atoms with Crippen LogP contribution in [-0.4, -0.2) is 37.1 Å². The number of carbonyl (C=O) groups excluding carboxylic acids is 1. The van der Waals surface area contributed by atoms with Crippen molar-refractivity contribution in [2.45, 2.75) is 19.4 Å². The number of hydrogen-bond donors (Lipinski definition) is 0. The summed E-state index contributed by atoms with van der Waals surface area (Å²) < 4.78 is 11.4. The zero-order chi connectivity index (χ0) is 18.2. The minimum absolute atomic E-state index is 0.0311. The van der Waals surface area contributed by atoms with Crippen LogP contribution in [0, 0.1) is 5.92 Å². The number of ether oxygens (including phenoxy) is 2. The molecule has 0 radical (unpaired) electrons. The number of hydrogen-bond acceptors (Lipinski definition) is 3. The number of benzene rings is 2. The van der Waals surface area contributed by atoms with Crippen LogP contribution in [-0.2, 0) is 16.1 Å². The second-order valence-corrected chi connectivity index (χ2v) is 7.00. The largest absolute Gasteiger partial charge is 0.484 e. The Bertz CT molecular complexity index is 682. The first-order chi connectivity index (χ1) is 12.7. The summed E-state index contributed by atoms with van der Waals surface area (Å²) in [5, 5.41) is 0.653. The van der Waals surface area contributed by atoms with E-state index >= 15 is 0 Å². The SMILES string of the molecule is O=C(COc1ccc(Cl)cc1)N1CCC(COCc2ccccc2)CC1. The van der Waals surface area contributed by atoms with Crippen molar-refractivity contribution in [2.24, 2.45) is 5.92 Å². The van der Waals surface area contributed by atoms with Gasteiger partial charge >= 0.3 is 0 Å². The van der Waals surface area contributed by atoms with Crippen LogP contribution in [0.4, 0.5) is 0 Å². The lowest BCUT2D eigenvalue weighted by atomic mass is 9.98. The molecule has 0 spiro atoms. The van der Waals surface area contributed by atoms with Crippen LogP contribution in [0.3, 0.4) is 0 Å². The molecule has 2 aromatic rings. The maximum absolute atomic E-state index is 12.3. The number of nitrogens with zero attached hydrogens (tertiary/aromatic N) is 1. The zero-order valence-electron chi connectivity index (χ0n) is 14.8. The second kappa shape index (κ2) is 9.60. The maximum Gasteiger partial charge on any atom is 0.260 e. The van der Waals surface area contributed by atoms with Gasteiger partial charge in [-0.15, -0.1) is 0 Å². The summed E-state index contributed by atoms with van der Waals surface area (Å²) in [7, 11) is 0. The molecule has 0 aliphatic carbocycles. The van der Waals surface area contributed by atoms with Gasteiger partial charge in [0.25, 0.3) is 5.91 Å². The van der Waals surface area contributed by atoms with E-state index in [1.54, 1.807) is 24.3 Å². The molecular formula is C21H24ClNO3. The lowest BCUT2D eigenvalue weighted by Crippen LogP contribution is -2.41. The molecule has 4 nitrogen and oxygen atoms in total. The number of likely N-dealkylation sites (tertiary alicyclic amines) is 1.